The summed E-state index contributed by atoms with van der Waals surface area (Å²) in [6.07, 6.45) is -2.76. The molecule has 0 aliphatic carbocycles. The van der Waals surface area contributed by atoms with Crippen molar-refractivity contribution in [2.75, 3.05) is 6.61 Å². The molecule has 2 aromatic carbocycles. The molecule has 10 heteroatoms. The van der Waals surface area contributed by atoms with Gasteiger partial charge in [-0.2, -0.15) is 0 Å². The standard InChI is InChI=1S/C31H36O10/c1-4-12-24(32)38-23-19-37-27(29(40-26(34)14-6-3)28(23)39-25(33)13-5-2)21-17-10-11-18-22(21)31(36)41-30(35)20-15-8-7-9-16-20/h7-11,15-18,23,27-29H,4-6,12-14,19H2,1-3H3/t23-,27+,28+,29-/m1/s1. The Labute approximate surface area is 239 Å². The number of rotatable bonds is 12. The third-order valence-electron chi connectivity index (χ3n) is 6.29. The average Bonchev–Trinajstić information content (AvgIpc) is 2.95. The minimum Gasteiger partial charge on any atom is -0.456 e. The van der Waals surface area contributed by atoms with Crippen LogP contribution in [0, 0.1) is 0 Å². The third kappa shape index (κ3) is 8.72. The average molecular weight is 569 g/mol. The maximum atomic E-state index is 13.2. The lowest BCUT2D eigenvalue weighted by atomic mass is 9.91. The van der Waals surface area contributed by atoms with Gasteiger partial charge in [0.25, 0.3) is 0 Å². The summed E-state index contributed by atoms with van der Waals surface area (Å²) in [4.78, 5) is 63.5. The van der Waals surface area contributed by atoms with Crippen LogP contribution in [0.1, 0.15) is 91.7 Å². The highest BCUT2D eigenvalue weighted by atomic mass is 16.6. The Morgan fingerprint density at radius 1 is 0.683 bits per heavy atom. The van der Waals surface area contributed by atoms with Gasteiger partial charge in [0.15, 0.2) is 18.3 Å². The van der Waals surface area contributed by atoms with E-state index in [0.717, 1.165) is 0 Å². The van der Waals surface area contributed by atoms with Crippen molar-refractivity contribution in [1.29, 1.82) is 0 Å². The Hall–Kier alpha value is -4.05. The normalized spacial score (nSPS) is 20.0. The Kier molecular flexibility index (Phi) is 12.0. The molecule has 10 nitrogen and oxygen atoms in total. The second-order valence-corrected chi connectivity index (χ2v) is 9.57. The van der Waals surface area contributed by atoms with Gasteiger partial charge in [0.05, 0.1) is 17.7 Å². The molecule has 0 saturated carbocycles. The lowest BCUT2D eigenvalue weighted by Crippen LogP contribution is -2.54. The fourth-order valence-electron chi connectivity index (χ4n) is 4.38. The van der Waals surface area contributed by atoms with Gasteiger partial charge >= 0.3 is 29.8 Å². The summed E-state index contributed by atoms with van der Waals surface area (Å²) in [6, 6.07) is 14.3. The van der Waals surface area contributed by atoms with E-state index in [1.807, 2.05) is 13.8 Å². The van der Waals surface area contributed by atoms with Crippen LogP contribution in [-0.4, -0.2) is 54.8 Å². The van der Waals surface area contributed by atoms with Crippen LogP contribution in [0.4, 0.5) is 0 Å². The minimum absolute atomic E-state index is 0.00150. The highest BCUT2D eigenvalue weighted by molar-refractivity contribution is 6.03. The summed E-state index contributed by atoms with van der Waals surface area (Å²) in [7, 11) is 0. The molecule has 0 amide bonds. The van der Waals surface area contributed by atoms with Gasteiger partial charge in [-0.1, -0.05) is 57.2 Å². The smallest absolute Gasteiger partial charge is 0.346 e. The van der Waals surface area contributed by atoms with E-state index in [-0.39, 0.29) is 42.6 Å². The zero-order valence-corrected chi connectivity index (χ0v) is 23.5. The van der Waals surface area contributed by atoms with Crippen LogP contribution in [0.3, 0.4) is 0 Å². The van der Waals surface area contributed by atoms with E-state index in [1.165, 1.54) is 18.2 Å². The van der Waals surface area contributed by atoms with Gasteiger partial charge in [-0.25, -0.2) is 9.59 Å². The van der Waals surface area contributed by atoms with E-state index < -0.39 is 54.3 Å². The van der Waals surface area contributed by atoms with Gasteiger partial charge in [-0.3, -0.25) is 14.4 Å². The van der Waals surface area contributed by atoms with E-state index in [4.69, 9.17) is 23.7 Å². The number of esters is 5. The Morgan fingerprint density at radius 2 is 1.22 bits per heavy atom. The molecule has 0 N–H and O–H groups in total. The van der Waals surface area contributed by atoms with Crippen molar-refractivity contribution in [2.45, 2.75) is 83.7 Å². The molecule has 0 aromatic heterocycles. The highest BCUT2D eigenvalue weighted by Crippen LogP contribution is 2.36. The monoisotopic (exact) mass is 568 g/mol. The minimum atomic E-state index is -1.26. The Balaban J connectivity index is 1.99. The van der Waals surface area contributed by atoms with E-state index in [1.54, 1.807) is 43.3 Å². The van der Waals surface area contributed by atoms with Gasteiger partial charge in [-0.15, -0.1) is 0 Å². The lowest BCUT2D eigenvalue weighted by Gasteiger charge is -2.41. The second kappa shape index (κ2) is 15.7. The van der Waals surface area contributed by atoms with Crippen LogP contribution >= 0.6 is 0 Å². The highest BCUT2D eigenvalue weighted by Gasteiger charge is 2.48. The van der Waals surface area contributed by atoms with Crippen molar-refractivity contribution in [1.82, 2.24) is 0 Å². The summed E-state index contributed by atoms with van der Waals surface area (Å²) >= 11 is 0. The molecule has 3 rings (SSSR count). The summed E-state index contributed by atoms with van der Waals surface area (Å²) < 4.78 is 28.3. The Bertz CT molecular complexity index is 1210. The van der Waals surface area contributed by atoms with E-state index in [9.17, 15) is 24.0 Å². The second-order valence-electron chi connectivity index (χ2n) is 9.57. The first kappa shape index (κ1) is 31.5. The zero-order chi connectivity index (χ0) is 29.8. The van der Waals surface area contributed by atoms with Gasteiger partial charge < -0.3 is 23.7 Å². The third-order valence-corrected chi connectivity index (χ3v) is 6.29. The maximum Gasteiger partial charge on any atom is 0.346 e. The lowest BCUT2D eigenvalue weighted by molar-refractivity contribution is -0.229. The first-order valence-corrected chi connectivity index (χ1v) is 13.9. The van der Waals surface area contributed by atoms with Gasteiger partial charge in [0.1, 0.15) is 6.10 Å². The predicted molar refractivity (Wildman–Crippen MR) is 146 cm³/mol. The molecule has 2 aromatic rings. The summed E-state index contributed by atoms with van der Waals surface area (Å²) in [5.41, 5.74) is 0.444. The van der Waals surface area contributed by atoms with Crippen LogP contribution in [0.5, 0.6) is 0 Å². The van der Waals surface area contributed by atoms with Crippen LogP contribution in [-0.2, 0) is 38.1 Å². The zero-order valence-electron chi connectivity index (χ0n) is 23.5. The molecule has 4 atom stereocenters. The number of carbonyl (C=O) groups is 5. The van der Waals surface area contributed by atoms with Crippen LogP contribution in [0.15, 0.2) is 54.6 Å². The van der Waals surface area contributed by atoms with Crippen LogP contribution in [0.25, 0.3) is 0 Å². The molecule has 220 valence electrons. The molecule has 1 aliphatic rings. The molecule has 1 fully saturated rings. The van der Waals surface area contributed by atoms with Gasteiger partial charge in [-0.05, 0) is 43.0 Å². The molecule has 41 heavy (non-hydrogen) atoms. The van der Waals surface area contributed by atoms with E-state index >= 15 is 0 Å². The molecule has 1 saturated heterocycles. The summed E-state index contributed by atoms with van der Waals surface area (Å²) in [5.74, 6) is -3.43. The van der Waals surface area contributed by atoms with Gasteiger partial charge in [0.2, 0.25) is 0 Å². The molecular formula is C31H36O10. The van der Waals surface area contributed by atoms with Crippen LogP contribution < -0.4 is 0 Å². The fourth-order valence-corrected chi connectivity index (χ4v) is 4.38. The molecule has 0 unspecified atom stereocenters. The number of ether oxygens (including phenoxy) is 5. The number of hydrogen-bond donors (Lipinski definition) is 0. The largest absolute Gasteiger partial charge is 0.456 e. The molecule has 1 aliphatic heterocycles. The predicted octanol–water partition coefficient (Wildman–Crippen LogP) is 4.89. The number of carbonyl (C=O) groups excluding carboxylic acids is 5. The van der Waals surface area contributed by atoms with E-state index in [2.05, 4.69) is 0 Å². The topological polar surface area (TPSA) is 132 Å². The summed E-state index contributed by atoms with van der Waals surface area (Å²) in [5, 5.41) is 0. The number of hydrogen-bond acceptors (Lipinski definition) is 10. The van der Waals surface area contributed by atoms with Crippen molar-refractivity contribution in [3.8, 4) is 0 Å². The number of benzene rings is 2. The van der Waals surface area contributed by atoms with Crippen molar-refractivity contribution in [2.24, 2.45) is 0 Å². The van der Waals surface area contributed by atoms with Crippen LogP contribution in [0.2, 0.25) is 0 Å². The molecule has 0 bridgehead atoms. The first-order chi connectivity index (χ1) is 19.8. The quantitative estimate of drug-likeness (QED) is 0.198. The molecule has 0 radical (unpaired) electrons. The van der Waals surface area contributed by atoms with Crippen molar-refractivity contribution in [3.05, 3.63) is 71.3 Å². The fraction of sp³-hybridized carbons (Fsp3) is 0.452. The van der Waals surface area contributed by atoms with Crippen molar-refractivity contribution in [3.63, 3.8) is 0 Å². The van der Waals surface area contributed by atoms with Crippen molar-refractivity contribution < 1.29 is 47.7 Å². The molecule has 0 spiro atoms. The maximum absolute atomic E-state index is 13.2. The molecule has 1 heterocycles. The SMILES string of the molecule is CCCC(=O)O[C@@H]1[C@H](OC(=O)CCC)[C@H](c2ccccc2C(=O)OC(=O)c2ccccc2)OC[C@H]1OC(=O)CCC. The Morgan fingerprint density at radius 3 is 1.83 bits per heavy atom. The van der Waals surface area contributed by atoms with Crippen molar-refractivity contribution >= 4 is 29.8 Å². The van der Waals surface area contributed by atoms with Gasteiger partial charge in [0, 0.05) is 19.3 Å². The van der Waals surface area contributed by atoms with E-state index in [0.29, 0.717) is 19.3 Å². The summed E-state index contributed by atoms with van der Waals surface area (Å²) in [6.45, 7) is 5.24. The first-order valence-electron chi connectivity index (χ1n) is 13.9. The molecular weight excluding hydrogens is 532 g/mol.